The Morgan fingerprint density at radius 2 is 2.29 bits per heavy atom. The first-order valence-electron chi connectivity index (χ1n) is 5.95. The summed E-state index contributed by atoms with van der Waals surface area (Å²) in [6.07, 6.45) is 3.27. The number of amides is 1. The first kappa shape index (κ1) is 11.6. The normalized spacial score (nSPS) is 10.7. The number of benzene rings is 1. The highest BCUT2D eigenvalue weighted by atomic mass is 16.1. The number of anilines is 1. The number of rotatable bonds is 4. The van der Waals surface area contributed by atoms with Crippen molar-refractivity contribution < 1.29 is 4.79 Å². The lowest BCUT2D eigenvalue weighted by Gasteiger charge is -2.00. The summed E-state index contributed by atoms with van der Waals surface area (Å²) in [4.78, 5) is 18.7. The van der Waals surface area contributed by atoms with Crippen LogP contribution in [0.4, 0.5) is 5.69 Å². The monoisotopic (exact) mass is 231 g/mol. The summed E-state index contributed by atoms with van der Waals surface area (Å²) >= 11 is 0. The maximum Gasteiger partial charge on any atom is 0.221 e. The van der Waals surface area contributed by atoms with Crippen LogP contribution in [-0.4, -0.2) is 15.9 Å². The van der Waals surface area contributed by atoms with Crippen molar-refractivity contribution in [3.05, 3.63) is 24.0 Å². The van der Waals surface area contributed by atoms with Crippen molar-refractivity contribution in [3.8, 4) is 0 Å². The van der Waals surface area contributed by atoms with Crippen molar-refractivity contribution >= 4 is 22.6 Å². The fourth-order valence-electron chi connectivity index (χ4n) is 1.81. The number of imidazole rings is 1. The van der Waals surface area contributed by atoms with E-state index in [0.29, 0.717) is 0 Å². The number of carbonyl (C=O) groups is 1. The number of carbonyl (C=O) groups excluding carboxylic acids is 1. The fourth-order valence-corrected chi connectivity index (χ4v) is 1.81. The predicted octanol–water partition coefficient (Wildman–Crippen LogP) is 2.86. The van der Waals surface area contributed by atoms with Gasteiger partial charge in [-0.05, 0) is 24.6 Å². The molecule has 1 aromatic heterocycles. The number of nitrogens with one attached hydrogen (secondary N) is 2. The fraction of sp³-hybridized carbons (Fsp3) is 0.385. The summed E-state index contributed by atoms with van der Waals surface area (Å²) in [5.41, 5.74) is 2.73. The first-order chi connectivity index (χ1) is 8.19. The Labute approximate surface area is 100 Å². The zero-order valence-corrected chi connectivity index (χ0v) is 10.2. The molecule has 17 heavy (non-hydrogen) atoms. The third-order valence-corrected chi connectivity index (χ3v) is 2.62. The second-order valence-corrected chi connectivity index (χ2v) is 4.20. The van der Waals surface area contributed by atoms with Gasteiger partial charge in [-0.25, -0.2) is 4.98 Å². The van der Waals surface area contributed by atoms with Crippen LogP contribution in [0.3, 0.4) is 0 Å². The summed E-state index contributed by atoms with van der Waals surface area (Å²) in [6.45, 7) is 3.67. The number of H-pyrrole nitrogens is 1. The van der Waals surface area contributed by atoms with Gasteiger partial charge in [-0.1, -0.05) is 13.3 Å². The van der Waals surface area contributed by atoms with E-state index in [1.165, 1.54) is 6.92 Å². The lowest BCUT2D eigenvalue weighted by molar-refractivity contribution is -0.114. The van der Waals surface area contributed by atoms with E-state index >= 15 is 0 Å². The van der Waals surface area contributed by atoms with Crippen LogP contribution >= 0.6 is 0 Å². The molecule has 0 bridgehead atoms. The number of nitrogens with zero attached hydrogens (tertiary/aromatic N) is 1. The summed E-state index contributed by atoms with van der Waals surface area (Å²) in [5, 5.41) is 2.76. The van der Waals surface area contributed by atoms with Crippen LogP contribution in [0.1, 0.15) is 32.5 Å². The Balaban J connectivity index is 2.24. The van der Waals surface area contributed by atoms with Crippen molar-refractivity contribution in [1.29, 1.82) is 0 Å². The molecule has 0 unspecified atom stereocenters. The average molecular weight is 231 g/mol. The molecular formula is C13H17N3O. The van der Waals surface area contributed by atoms with Gasteiger partial charge in [0.2, 0.25) is 5.91 Å². The van der Waals surface area contributed by atoms with Gasteiger partial charge in [0, 0.05) is 19.0 Å². The molecule has 1 heterocycles. The maximum absolute atomic E-state index is 11.0. The minimum absolute atomic E-state index is 0.0601. The summed E-state index contributed by atoms with van der Waals surface area (Å²) in [7, 11) is 0. The molecule has 0 saturated carbocycles. The minimum Gasteiger partial charge on any atom is -0.342 e. The van der Waals surface area contributed by atoms with Crippen LogP contribution in [-0.2, 0) is 11.2 Å². The average Bonchev–Trinajstić information content (AvgIpc) is 2.67. The van der Waals surface area contributed by atoms with E-state index < -0.39 is 0 Å². The van der Waals surface area contributed by atoms with Gasteiger partial charge >= 0.3 is 0 Å². The minimum atomic E-state index is -0.0601. The molecule has 0 radical (unpaired) electrons. The highest BCUT2D eigenvalue weighted by Gasteiger charge is 2.04. The van der Waals surface area contributed by atoms with Crippen LogP contribution in [0.25, 0.3) is 11.0 Å². The molecule has 4 nitrogen and oxygen atoms in total. The van der Waals surface area contributed by atoms with E-state index in [9.17, 15) is 4.79 Å². The molecule has 4 heteroatoms. The second kappa shape index (κ2) is 4.99. The molecular weight excluding hydrogens is 214 g/mol. The van der Waals surface area contributed by atoms with Crippen LogP contribution in [0.5, 0.6) is 0 Å². The number of unbranched alkanes of at least 4 members (excludes halogenated alkanes) is 1. The standard InChI is InChI=1S/C13H17N3O/c1-3-4-5-13-15-11-7-6-10(14-9(2)17)8-12(11)16-13/h6-8H,3-5H2,1-2H3,(H,14,17)(H,15,16). The molecule has 0 spiro atoms. The zero-order chi connectivity index (χ0) is 12.3. The Bertz CT molecular complexity index is 530. The van der Waals surface area contributed by atoms with Gasteiger partial charge in [0.25, 0.3) is 0 Å². The molecule has 0 aliphatic carbocycles. The Kier molecular flexibility index (Phi) is 3.42. The molecule has 1 aromatic carbocycles. The first-order valence-corrected chi connectivity index (χ1v) is 5.95. The largest absolute Gasteiger partial charge is 0.342 e. The van der Waals surface area contributed by atoms with Crippen LogP contribution in [0, 0.1) is 0 Å². The van der Waals surface area contributed by atoms with E-state index in [1.807, 2.05) is 18.2 Å². The summed E-state index contributed by atoms with van der Waals surface area (Å²) in [5.74, 6) is 0.955. The number of aromatic nitrogens is 2. The number of fused-ring (bicyclic) bond motifs is 1. The van der Waals surface area contributed by atoms with Crippen LogP contribution in [0.2, 0.25) is 0 Å². The number of hydrogen-bond acceptors (Lipinski definition) is 2. The van der Waals surface area contributed by atoms with Crippen molar-refractivity contribution in [2.45, 2.75) is 33.1 Å². The Morgan fingerprint density at radius 3 is 3.00 bits per heavy atom. The Morgan fingerprint density at radius 1 is 1.47 bits per heavy atom. The van der Waals surface area contributed by atoms with E-state index in [2.05, 4.69) is 22.2 Å². The highest BCUT2D eigenvalue weighted by Crippen LogP contribution is 2.17. The molecule has 2 N–H and O–H groups in total. The van der Waals surface area contributed by atoms with Crippen LogP contribution < -0.4 is 5.32 Å². The molecule has 0 aliphatic heterocycles. The van der Waals surface area contributed by atoms with E-state index in [-0.39, 0.29) is 5.91 Å². The zero-order valence-electron chi connectivity index (χ0n) is 10.2. The topological polar surface area (TPSA) is 57.8 Å². The van der Waals surface area contributed by atoms with Gasteiger partial charge in [-0.2, -0.15) is 0 Å². The molecule has 90 valence electrons. The lowest BCUT2D eigenvalue weighted by atomic mass is 10.2. The number of hydrogen-bond donors (Lipinski definition) is 2. The molecule has 2 rings (SSSR count). The van der Waals surface area contributed by atoms with E-state index in [0.717, 1.165) is 41.8 Å². The lowest BCUT2D eigenvalue weighted by Crippen LogP contribution is -2.05. The number of aryl methyl sites for hydroxylation is 1. The number of aromatic amines is 1. The van der Waals surface area contributed by atoms with Gasteiger partial charge in [-0.15, -0.1) is 0 Å². The van der Waals surface area contributed by atoms with Crippen molar-refractivity contribution in [3.63, 3.8) is 0 Å². The van der Waals surface area contributed by atoms with Crippen molar-refractivity contribution in [2.75, 3.05) is 5.32 Å². The van der Waals surface area contributed by atoms with Gasteiger partial charge in [-0.3, -0.25) is 4.79 Å². The highest BCUT2D eigenvalue weighted by molar-refractivity contribution is 5.91. The molecule has 1 amide bonds. The quantitative estimate of drug-likeness (QED) is 0.850. The van der Waals surface area contributed by atoms with Crippen molar-refractivity contribution in [1.82, 2.24) is 9.97 Å². The molecule has 0 saturated heterocycles. The van der Waals surface area contributed by atoms with Gasteiger partial charge in [0.05, 0.1) is 11.0 Å². The Hall–Kier alpha value is -1.84. The third kappa shape index (κ3) is 2.84. The molecule has 2 aromatic rings. The molecule has 0 aliphatic rings. The molecule has 0 atom stereocenters. The van der Waals surface area contributed by atoms with Crippen LogP contribution in [0.15, 0.2) is 18.2 Å². The van der Waals surface area contributed by atoms with E-state index in [1.54, 1.807) is 0 Å². The van der Waals surface area contributed by atoms with E-state index in [4.69, 9.17) is 0 Å². The summed E-state index contributed by atoms with van der Waals surface area (Å²) < 4.78 is 0. The maximum atomic E-state index is 11.0. The molecule has 0 fully saturated rings. The third-order valence-electron chi connectivity index (χ3n) is 2.62. The van der Waals surface area contributed by atoms with Gasteiger partial charge < -0.3 is 10.3 Å². The van der Waals surface area contributed by atoms with Crippen molar-refractivity contribution in [2.24, 2.45) is 0 Å². The van der Waals surface area contributed by atoms with Gasteiger partial charge in [0.15, 0.2) is 0 Å². The SMILES string of the molecule is CCCCc1nc2ccc(NC(C)=O)cc2[nH]1. The predicted molar refractivity (Wildman–Crippen MR) is 69.0 cm³/mol. The van der Waals surface area contributed by atoms with Gasteiger partial charge in [0.1, 0.15) is 5.82 Å². The smallest absolute Gasteiger partial charge is 0.221 e. The second-order valence-electron chi connectivity index (χ2n) is 4.20. The summed E-state index contributed by atoms with van der Waals surface area (Å²) in [6, 6.07) is 5.71.